The molecule has 0 radical (unpaired) electrons. The zero-order valence-corrected chi connectivity index (χ0v) is 16.9. The highest BCUT2D eigenvalue weighted by Crippen LogP contribution is 2.37. The van der Waals surface area contributed by atoms with Crippen LogP contribution in [-0.2, 0) is 22.2 Å². The third-order valence-electron chi connectivity index (χ3n) is 4.62. The Kier molecular flexibility index (Phi) is 6.03. The summed E-state index contributed by atoms with van der Waals surface area (Å²) in [6.07, 6.45) is -3.08. The lowest BCUT2D eigenvalue weighted by Gasteiger charge is -2.14. The van der Waals surface area contributed by atoms with E-state index in [0.717, 1.165) is 11.6 Å². The number of halogens is 3. The minimum Gasteiger partial charge on any atom is -0.438 e. The van der Waals surface area contributed by atoms with E-state index in [1.807, 2.05) is 0 Å². The number of nitrogens with one attached hydrogen (secondary N) is 2. The average molecular weight is 456 g/mol. The van der Waals surface area contributed by atoms with Crippen LogP contribution < -0.4 is 20.8 Å². The fourth-order valence-electron chi connectivity index (χ4n) is 3.08. The number of amides is 1. The van der Waals surface area contributed by atoms with E-state index in [9.17, 15) is 23.0 Å². The van der Waals surface area contributed by atoms with Gasteiger partial charge in [-0.25, -0.2) is 4.98 Å². The maximum atomic E-state index is 13.5. The molecule has 0 bridgehead atoms. The number of ether oxygens (including phenoxy) is 1. The number of anilines is 3. The fraction of sp³-hybridized carbons (Fsp3) is 0.0952. The first-order valence-electron chi connectivity index (χ1n) is 9.58. The molecule has 12 heteroatoms. The Morgan fingerprint density at radius 2 is 2.06 bits per heavy atom. The van der Waals surface area contributed by atoms with Gasteiger partial charge in [-0.2, -0.15) is 18.2 Å². The molecule has 3 aromatic rings. The van der Waals surface area contributed by atoms with Crippen LogP contribution in [0.25, 0.3) is 0 Å². The third-order valence-corrected chi connectivity index (χ3v) is 4.62. The van der Waals surface area contributed by atoms with Gasteiger partial charge in [0.15, 0.2) is 0 Å². The van der Waals surface area contributed by atoms with Gasteiger partial charge in [0.1, 0.15) is 11.3 Å². The molecule has 1 aliphatic heterocycles. The summed E-state index contributed by atoms with van der Waals surface area (Å²) in [5, 5.41) is 15.0. The van der Waals surface area contributed by atoms with Gasteiger partial charge in [0.05, 0.1) is 6.61 Å². The minimum absolute atomic E-state index is 0.0238. The number of benzene rings is 2. The molecule has 0 atom stereocenters. The fourth-order valence-corrected chi connectivity index (χ4v) is 3.08. The van der Waals surface area contributed by atoms with E-state index in [2.05, 4.69) is 27.2 Å². The molecule has 0 fully saturated rings. The van der Waals surface area contributed by atoms with Crippen molar-refractivity contribution in [2.75, 3.05) is 10.6 Å². The Morgan fingerprint density at radius 1 is 1.24 bits per heavy atom. The number of hydrogen-bond donors (Lipinski definition) is 3. The van der Waals surface area contributed by atoms with Crippen molar-refractivity contribution in [3.8, 4) is 11.6 Å². The summed E-state index contributed by atoms with van der Waals surface area (Å²) in [5.74, 6) is -1.31. The third kappa shape index (κ3) is 5.13. The lowest BCUT2D eigenvalue weighted by Crippen LogP contribution is -2.27. The van der Waals surface area contributed by atoms with Crippen molar-refractivity contribution < 1.29 is 32.4 Å². The minimum atomic E-state index is -4.76. The highest BCUT2D eigenvalue weighted by Gasteiger charge is 2.36. The van der Waals surface area contributed by atoms with Crippen molar-refractivity contribution in [2.24, 2.45) is 0 Å². The Hall–Kier alpha value is -3.90. The summed E-state index contributed by atoms with van der Waals surface area (Å²) >= 11 is 0. The van der Waals surface area contributed by atoms with E-state index in [4.69, 9.17) is 9.39 Å². The van der Waals surface area contributed by atoms with E-state index in [1.54, 1.807) is 24.3 Å². The van der Waals surface area contributed by atoms with Crippen molar-refractivity contribution >= 4 is 35.8 Å². The van der Waals surface area contributed by atoms with Crippen LogP contribution in [-0.4, -0.2) is 28.0 Å². The first-order chi connectivity index (χ1) is 15.7. The Labute approximate surface area is 186 Å². The molecule has 1 amide bonds. The summed E-state index contributed by atoms with van der Waals surface area (Å²) in [6.45, 7) is 3.54. The molecule has 4 rings (SSSR count). The quantitative estimate of drug-likeness (QED) is 0.386. The molecule has 2 aromatic carbocycles. The lowest BCUT2D eigenvalue weighted by atomic mass is 9.79. The molecule has 8 nitrogen and oxygen atoms in total. The van der Waals surface area contributed by atoms with Crippen molar-refractivity contribution in [1.29, 1.82) is 0 Å². The molecular weight excluding hydrogens is 440 g/mol. The van der Waals surface area contributed by atoms with E-state index in [0.29, 0.717) is 23.0 Å². The summed E-state index contributed by atoms with van der Waals surface area (Å²) in [4.78, 5) is 19.1. The highest BCUT2D eigenvalue weighted by molar-refractivity contribution is 6.61. The van der Waals surface area contributed by atoms with Gasteiger partial charge < -0.3 is 25.0 Å². The van der Waals surface area contributed by atoms with Gasteiger partial charge in [0.2, 0.25) is 17.7 Å². The summed E-state index contributed by atoms with van der Waals surface area (Å²) in [6, 6.07) is 10.7. The van der Waals surface area contributed by atoms with Crippen LogP contribution in [0.15, 0.2) is 61.3 Å². The molecule has 33 heavy (non-hydrogen) atoms. The molecule has 1 aromatic heterocycles. The Morgan fingerprint density at radius 3 is 2.82 bits per heavy atom. The first-order valence-corrected chi connectivity index (χ1v) is 9.58. The monoisotopic (exact) mass is 456 g/mol. The molecule has 0 aliphatic carbocycles. The van der Waals surface area contributed by atoms with Gasteiger partial charge in [-0.05, 0) is 41.4 Å². The number of hydrogen-bond acceptors (Lipinski definition) is 7. The maximum absolute atomic E-state index is 13.5. The molecule has 168 valence electrons. The van der Waals surface area contributed by atoms with Crippen LogP contribution >= 0.6 is 0 Å². The van der Waals surface area contributed by atoms with E-state index in [-0.39, 0.29) is 18.3 Å². The smallest absolute Gasteiger partial charge is 0.438 e. The van der Waals surface area contributed by atoms with Gasteiger partial charge in [-0.3, -0.25) is 4.79 Å². The van der Waals surface area contributed by atoms with Gasteiger partial charge >= 0.3 is 13.3 Å². The van der Waals surface area contributed by atoms with Crippen LogP contribution in [0.1, 0.15) is 11.1 Å². The SMILES string of the molecule is C=CC(=O)Nc1cccc(Oc2nc(Nc3ccc4c(c3)COB4O)ncc2C(F)(F)F)c1. The average Bonchev–Trinajstić information content (AvgIpc) is 3.13. The summed E-state index contributed by atoms with van der Waals surface area (Å²) in [7, 11) is -1.01. The number of aromatic nitrogens is 2. The second-order valence-corrected chi connectivity index (χ2v) is 6.94. The van der Waals surface area contributed by atoms with E-state index < -0.39 is 30.6 Å². The van der Waals surface area contributed by atoms with Crippen LogP contribution in [0.5, 0.6) is 11.6 Å². The molecule has 0 saturated heterocycles. The van der Waals surface area contributed by atoms with Crippen LogP contribution in [0.3, 0.4) is 0 Å². The van der Waals surface area contributed by atoms with Gasteiger partial charge in [-0.15, -0.1) is 0 Å². The summed E-state index contributed by atoms with van der Waals surface area (Å²) in [5.41, 5.74) is 0.974. The Balaban J connectivity index is 1.62. The molecular formula is C21H16BF3N4O4. The van der Waals surface area contributed by atoms with Gasteiger partial charge in [0, 0.05) is 23.6 Å². The van der Waals surface area contributed by atoms with Crippen molar-refractivity contribution in [3.05, 3.63) is 72.4 Å². The van der Waals surface area contributed by atoms with Gasteiger partial charge in [-0.1, -0.05) is 18.7 Å². The molecule has 2 heterocycles. The topological polar surface area (TPSA) is 106 Å². The predicted molar refractivity (Wildman–Crippen MR) is 114 cm³/mol. The van der Waals surface area contributed by atoms with Crippen LogP contribution in [0.4, 0.5) is 30.5 Å². The number of carbonyl (C=O) groups excluding carboxylic acids is 1. The molecule has 1 aliphatic rings. The zero-order valence-electron chi connectivity index (χ0n) is 16.9. The number of fused-ring (bicyclic) bond motifs is 1. The predicted octanol–water partition coefficient (Wildman–Crippen LogP) is 3.37. The van der Waals surface area contributed by atoms with E-state index in [1.165, 1.54) is 18.2 Å². The molecule has 0 spiro atoms. The highest BCUT2D eigenvalue weighted by atomic mass is 19.4. The van der Waals surface area contributed by atoms with Gasteiger partial charge in [0.25, 0.3) is 0 Å². The molecule has 3 N–H and O–H groups in total. The van der Waals surface area contributed by atoms with E-state index >= 15 is 0 Å². The zero-order chi connectivity index (χ0) is 23.6. The molecule has 0 saturated carbocycles. The standard InChI is InChI=1S/C21H16BF3N4O4/c1-2-18(30)27-13-4-3-5-15(9-13)33-19-16(21(23,24)25)10-26-20(29-19)28-14-6-7-17-12(8-14)11-32-22(17)31/h2-10,31H,1,11H2,(H,27,30)(H,26,28,29). The number of alkyl halides is 3. The largest absolute Gasteiger partial charge is 0.491 e. The summed E-state index contributed by atoms with van der Waals surface area (Å²) < 4.78 is 51.1. The lowest BCUT2D eigenvalue weighted by molar-refractivity contribution is -0.139. The van der Waals surface area contributed by atoms with Crippen molar-refractivity contribution in [3.63, 3.8) is 0 Å². The van der Waals surface area contributed by atoms with Crippen molar-refractivity contribution in [2.45, 2.75) is 12.8 Å². The normalized spacial score (nSPS) is 12.8. The first kappa shape index (κ1) is 22.3. The number of rotatable bonds is 6. The number of carbonyl (C=O) groups is 1. The Bertz CT molecular complexity index is 1220. The maximum Gasteiger partial charge on any atom is 0.491 e. The second kappa shape index (κ2) is 8.92. The van der Waals surface area contributed by atoms with Crippen molar-refractivity contribution in [1.82, 2.24) is 9.97 Å². The molecule has 0 unspecified atom stereocenters. The number of nitrogens with zero attached hydrogens (tertiary/aromatic N) is 2. The van der Waals surface area contributed by atoms with Crippen LogP contribution in [0, 0.1) is 0 Å². The van der Waals surface area contributed by atoms with Crippen LogP contribution in [0.2, 0.25) is 0 Å². The second-order valence-electron chi connectivity index (χ2n) is 6.94.